The third-order valence-corrected chi connectivity index (χ3v) is 3.13. The van der Waals surface area contributed by atoms with Gasteiger partial charge in [-0.3, -0.25) is 9.59 Å². The lowest BCUT2D eigenvalue weighted by molar-refractivity contribution is -0.307. The molecule has 1 aliphatic heterocycles. The number of aliphatic carboxylic acids is 1. The van der Waals surface area contributed by atoms with E-state index < -0.39 is 17.4 Å². The van der Waals surface area contributed by atoms with Crippen molar-refractivity contribution < 1.29 is 19.5 Å². The van der Waals surface area contributed by atoms with Gasteiger partial charge in [0.05, 0.1) is 0 Å². The maximum Gasteiger partial charge on any atom is 0.242 e. The largest absolute Gasteiger partial charge is 0.550 e. The molecule has 0 bridgehead atoms. The van der Waals surface area contributed by atoms with Crippen LogP contribution in [0.4, 0.5) is 0 Å². The zero-order valence-electron chi connectivity index (χ0n) is 11.5. The van der Waals surface area contributed by atoms with Crippen LogP contribution in [0.3, 0.4) is 0 Å². The second kappa shape index (κ2) is 6.54. The molecule has 0 aromatic carbocycles. The number of hydrogen-bond donors (Lipinski definition) is 2. The minimum atomic E-state index is -1.18. The van der Waals surface area contributed by atoms with Crippen LogP contribution in [0.1, 0.15) is 46.0 Å². The van der Waals surface area contributed by atoms with Crippen LogP contribution in [0, 0.1) is 5.41 Å². The lowest BCUT2D eigenvalue weighted by Crippen LogP contribution is -2.46. The van der Waals surface area contributed by atoms with Crippen molar-refractivity contribution in [3.05, 3.63) is 0 Å². The molecule has 1 saturated heterocycles. The second-order valence-corrected chi connectivity index (χ2v) is 5.80. The molecule has 0 aliphatic carbocycles. The highest BCUT2D eigenvalue weighted by atomic mass is 16.4. The molecule has 6 heteroatoms. The highest BCUT2D eigenvalue weighted by Crippen LogP contribution is 2.24. The third-order valence-electron chi connectivity index (χ3n) is 3.13. The molecule has 1 rings (SSSR count). The van der Waals surface area contributed by atoms with Gasteiger partial charge in [-0.05, 0) is 31.1 Å². The van der Waals surface area contributed by atoms with Crippen molar-refractivity contribution in [1.82, 2.24) is 10.6 Å². The summed E-state index contributed by atoms with van der Waals surface area (Å²) in [7, 11) is 0. The minimum absolute atomic E-state index is 0.0603. The maximum absolute atomic E-state index is 11.9. The molecule has 0 aromatic rings. The third kappa shape index (κ3) is 5.72. The number of carbonyl (C=O) groups excluding carboxylic acids is 3. The molecule has 0 spiro atoms. The van der Waals surface area contributed by atoms with Gasteiger partial charge in [-0.2, -0.15) is 0 Å². The van der Waals surface area contributed by atoms with Gasteiger partial charge in [0.15, 0.2) is 0 Å². The van der Waals surface area contributed by atoms with E-state index in [-0.39, 0.29) is 24.7 Å². The van der Waals surface area contributed by atoms with Gasteiger partial charge in [-0.1, -0.05) is 13.8 Å². The molecule has 0 aromatic heterocycles. The van der Waals surface area contributed by atoms with Crippen molar-refractivity contribution in [2.75, 3.05) is 6.54 Å². The van der Waals surface area contributed by atoms with Gasteiger partial charge in [0.2, 0.25) is 11.8 Å². The van der Waals surface area contributed by atoms with E-state index in [0.29, 0.717) is 13.0 Å². The van der Waals surface area contributed by atoms with Crippen molar-refractivity contribution in [2.24, 2.45) is 5.41 Å². The Morgan fingerprint density at radius 2 is 2.05 bits per heavy atom. The first kappa shape index (κ1) is 15.5. The SMILES string of the molecule is CC(C)(CC(=O)[O-])CC(=O)N[C@@H]1CCCCNC1=O. The first-order valence-corrected chi connectivity index (χ1v) is 6.57. The highest BCUT2D eigenvalue weighted by Gasteiger charge is 2.26. The average molecular weight is 269 g/mol. The number of carboxylic acid groups (broad SMARTS) is 1. The summed E-state index contributed by atoms with van der Waals surface area (Å²) < 4.78 is 0. The topological polar surface area (TPSA) is 98.3 Å². The van der Waals surface area contributed by atoms with Crippen molar-refractivity contribution in [2.45, 2.75) is 52.0 Å². The van der Waals surface area contributed by atoms with Crippen LogP contribution < -0.4 is 15.7 Å². The molecular formula is C13H21N2O4-. The summed E-state index contributed by atoms with van der Waals surface area (Å²) in [6.45, 7) is 4.02. The van der Waals surface area contributed by atoms with E-state index in [1.165, 1.54) is 0 Å². The fraction of sp³-hybridized carbons (Fsp3) is 0.769. The average Bonchev–Trinajstić information content (AvgIpc) is 2.41. The van der Waals surface area contributed by atoms with Crippen molar-refractivity contribution >= 4 is 17.8 Å². The monoisotopic (exact) mass is 269 g/mol. The molecular weight excluding hydrogens is 248 g/mol. The molecule has 1 heterocycles. The summed E-state index contributed by atoms with van der Waals surface area (Å²) in [6, 6.07) is -0.506. The summed E-state index contributed by atoms with van der Waals surface area (Å²) in [5, 5.41) is 16.0. The van der Waals surface area contributed by atoms with E-state index in [9.17, 15) is 19.5 Å². The van der Waals surface area contributed by atoms with Crippen molar-refractivity contribution in [3.8, 4) is 0 Å². The van der Waals surface area contributed by atoms with Gasteiger partial charge >= 0.3 is 0 Å². The van der Waals surface area contributed by atoms with Gasteiger partial charge in [0.25, 0.3) is 0 Å². The quantitative estimate of drug-likeness (QED) is 0.691. The molecule has 0 radical (unpaired) electrons. The van der Waals surface area contributed by atoms with Gasteiger partial charge < -0.3 is 20.5 Å². The molecule has 19 heavy (non-hydrogen) atoms. The van der Waals surface area contributed by atoms with Crippen LogP contribution in [-0.2, 0) is 14.4 Å². The van der Waals surface area contributed by atoms with E-state index in [1.54, 1.807) is 13.8 Å². The van der Waals surface area contributed by atoms with E-state index in [4.69, 9.17) is 0 Å². The predicted octanol–water partition coefficient (Wildman–Crippen LogP) is -0.672. The Morgan fingerprint density at radius 1 is 1.37 bits per heavy atom. The Kier molecular flexibility index (Phi) is 5.32. The standard InChI is InChI=1S/C13H22N2O4/c1-13(2,8-11(17)18)7-10(16)15-9-5-3-4-6-14-12(9)19/h9H,3-8H2,1-2H3,(H,14,19)(H,15,16)(H,17,18)/p-1/t9-/m1/s1. The number of carboxylic acids is 1. The Labute approximate surface area is 112 Å². The summed E-state index contributed by atoms with van der Waals surface area (Å²) >= 11 is 0. The molecule has 1 atom stereocenters. The van der Waals surface area contributed by atoms with Crippen LogP contribution in [0.5, 0.6) is 0 Å². The number of carbonyl (C=O) groups is 3. The van der Waals surface area contributed by atoms with Crippen LogP contribution in [0.25, 0.3) is 0 Å². The Balaban J connectivity index is 2.49. The number of amides is 2. The molecule has 108 valence electrons. The normalized spacial score (nSPS) is 20.3. The lowest BCUT2D eigenvalue weighted by Gasteiger charge is -2.25. The number of hydrogen-bond acceptors (Lipinski definition) is 4. The van der Waals surface area contributed by atoms with Crippen LogP contribution in [-0.4, -0.2) is 30.4 Å². The summed E-state index contributed by atoms with van der Waals surface area (Å²) in [5.74, 6) is -1.64. The van der Waals surface area contributed by atoms with E-state index in [1.807, 2.05) is 0 Å². The van der Waals surface area contributed by atoms with Crippen molar-refractivity contribution in [3.63, 3.8) is 0 Å². The zero-order valence-corrected chi connectivity index (χ0v) is 11.5. The molecule has 2 N–H and O–H groups in total. The van der Waals surface area contributed by atoms with Gasteiger partial charge in [0.1, 0.15) is 6.04 Å². The highest BCUT2D eigenvalue weighted by molar-refractivity contribution is 5.88. The van der Waals surface area contributed by atoms with Crippen LogP contribution in [0.15, 0.2) is 0 Å². The Bertz CT molecular complexity index is 366. The first-order valence-electron chi connectivity index (χ1n) is 6.57. The van der Waals surface area contributed by atoms with E-state index >= 15 is 0 Å². The maximum atomic E-state index is 11.9. The molecule has 0 saturated carbocycles. The first-order chi connectivity index (χ1) is 8.80. The van der Waals surface area contributed by atoms with Gasteiger partial charge in [-0.15, -0.1) is 0 Å². The van der Waals surface area contributed by atoms with Crippen LogP contribution >= 0.6 is 0 Å². The second-order valence-electron chi connectivity index (χ2n) is 5.80. The number of nitrogens with one attached hydrogen (secondary N) is 2. The molecule has 1 fully saturated rings. The van der Waals surface area contributed by atoms with Gasteiger partial charge in [0, 0.05) is 18.9 Å². The predicted molar refractivity (Wildman–Crippen MR) is 66.8 cm³/mol. The smallest absolute Gasteiger partial charge is 0.242 e. The van der Waals surface area contributed by atoms with E-state index in [2.05, 4.69) is 10.6 Å². The lowest BCUT2D eigenvalue weighted by atomic mass is 9.85. The zero-order chi connectivity index (χ0) is 14.5. The van der Waals surface area contributed by atoms with Crippen LogP contribution in [0.2, 0.25) is 0 Å². The molecule has 1 aliphatic rings. The summed E-state index contributed by atoms with van der Waals surface area (Å²) in [5.41, 5.74) is -0.676. The molecule has 0 unspecified atom stereocenters. The Hall–Kier alpha value is -1.59. The Morgan fingerprint density at radius 3 is 2.68 bits per heavy atom. The van der Waals surface area contributed by atoms with Gasteiger partial charge in [-0.25, -0.2) is 0 Å². The number of rotatable bonds is 5. The minimum Gasteiger partial charge on any atom is -0.550 e. The fourth-order valence-electron chi connectivity index (χ4n) is 2.21. The summed E-state index contributed by atoms with van der Waals surface area (Å²) in [6.07, 6.45) is 2.29. The fourth-order valence-corrected chi connectivity index (χ4v) is 2.21. The molecule has 6 nitrogen and oxygen atoms in total. The van der Waals surface area contributed by atoms with E-state index in [0.717, 1.165) is 12.8 Å². The van der Waals surface area contributed by atoms with Crippen molar-refractivity contribution in [1.29, 1.82) is 0 Å². The summed E-state index contributed by atoms with van der Waals surface area (Å²) in [4.78, 5) is 34.1. The molecule has 2 amide bonds.